The van der Waals surface area contributed by atoms with Crippen molar-refractivity contribution in [3.63, 3.8) is 0 Å². The number of thiophene rings is 1. The van der Waals surface area contributed by atoms with Crippen molar-refractivity contribution in [1.82, 2.24) is 0 Å². The fourth-order valence-electron chi connectivity index (χ4n) is 1.51. The number of nitrogens with zero attached hydrogens (tertiary/aromatic N) is 1. The minimum atomic E-state index is -0.860. The summed E-state index contributed by atoms with van der Waals surface area (Å²) in [5.41, 5.74) is 1.06. The molecule has 0 amide bonds. The van der Waals surface area contributed by atoms with Gasteiger partial charge in [0.25, 0.3) is 0 Å². The predicted molar refractivity (Wildman–Crippen MR) is 63.1 cm³/mol. The van der Waals surface area contributed by atoms with E-state index in [1.807, 2.05) is 37.2 Å². The van der Waals surface area contributed by atoms with Gasteiger partial charge in [0, 0.05) is 14.1 Å². The molecule has 78 valence electrons. The Morgan fingerprint density at radius 2 is 2.13 bits per heavy atom. The van der Waals surface area contributed by atoms with Gasteiger partial charge < -0.3 is 10.0 Å². The minimum absolute atomic E-state index is 0.388. The van der Waals surface area contributed by atoms with E-state index in [9.17, 15) is 4.79 Å². The van der Waals surface area contributed by atoms with Gasteiger partial charge in [-0.15, -0.1) is 11.3 Å². The molecule has 0 saturated heterocycles. The number of rotatable bonds is 2. The van der Waals surface area contributed by atoms with E-state index in [4.69, 9.17) is 5.11 Å². The summed E-state index contributed by atoms with van der Waals surface area (Å²) < 4.78 is 1.03. The molecule has 0 atom stereocenters. The highest BCUT2D eigenvalue weighted by Crippen LogP contribution is 2.33. The number of anilines is 1. The summed E-state index contributed by atoms with van der Waals surface area (Å²) in [7, 11) is 3.91. The fraction of sp³-hybridized carbons (Fsp3) is 0.182. The zero-order valence-electron chi connectivity index (χ0n) is 8.52. The fourth-order valence-corrected chi connectivity index (χ4v) is 2.60. The van der Waals surface area contributed by atoms with Gasteiger partial charge in [0.2, 0.25) is 0 Å². The van der Waals surface area contributed by atoms with Crippen LogP contribution < -0.4 is 4.90 Å². The maximum atomic E-state index is 10.8. The lowest BCUT2D eigenvalue weighted by atomic mass is 10.2. The third-order valence-electron chi connectivity index (χ3n) is 2.22. The summed E-state index contributed by atoms with van der Waals surface area (Å²) in [6.45, 7) is 0. The molecule has 0 unspecified atom stereocenters. The molecule has 3 nitrogen and oxygen atoms in total. The normalized spacial score (nSPS) is 10.5. The molecular weight excluding hydrogens is 210 g/mol. The molecule has 0 radical (unpaired) electrons. The van der Waals surface area contributed by atoms with Crippen molar-refractivity contribution in [2.24, 2.45) is 0 Å². The molecular formula is C11H11NO2S. The number of fused-ring (bicyclic) bond motifs is 1. The van der Waals surface area contributed by atoms with Crippen LogP contribution in [0.2, 0.25) is 0 Å². The molecule has 15 heavy (non-hydrogen) atoms. The highest BCUT2D eigenvalue weighted by atomic mass is 32.1. The third-order valence-corrected chi connectivity index (χ3v) is 3.38. The van der Waals surface area contributed by atoms with Gasteiger partial charge in [-0.3, -0.25) is 0 Å². The number of aromatic carboxylic acids is 1. The summed E-state index contributed by atoms with van der Waals surface area (Å²) in [5, 5.41) is 9.90. The maximum absolute atomic E-state index is 10.8. The second-order valence-electron chi connectivity index (χ2n) is 3.51. The molecule has 1 aromatic carbocycles. The van der Waals surface area contributed by atoms with Crippen LogP contribution >= 0.6 is 11.3 Å². The summed E-state index contributed by atoms with van der Waals surface area (Å²) in [6, 6.07) is 7.58. The molecule has 2 rings (SSSR count). The molecule has 1 heterocycles. The van der Waals surface area contributed by atoms with Crippen LogP contribution in [0.25, 0.3) is 10.1 Å². The van der Waals surface area contributed by atoms with Crippen molar-refractivity contribution in [1.29, 1.82) is 0 Å². The molecule has 1 N–H and O–H groups in total. The van der Waals surface area contributed by atoms with Crippen molar-refractivity contribution < 1.29 is 9.90 Å². The van der Waals surface area contributed by atoms with Gasteiger partial charge >= 0.3 is 5.97 Å². The first-order valence-electron chi connectivity index (χ1n) is 4.53. The van der Waals surface area contributed by atoms with Crippen molar-refractivity contribution in [3.05, 3.63) is 29.1 Å². The first-order chi connectivity index (χ1) is 7.09. The molecule has 0 saturated carbocycles. The van der Waals surface area contributed by atoms with E-state index in [2.05, 4.69) is 0 Å². The van der Waals surface area contributed by atoms with Crippen LogP contribution in [0.1, 0.15) is 9.67 Å². The van der Waals surface area contributed by atoms with Crippen molar-refractivity contribution >= 4 is 33.1 Å². The Hall–Kier alpha value is -1.55. The van der Waals surface area contributed by atoms with Gasteiger partial charge in [-0.05, 0) is 17.5 Å². The standard InChI is InChI=1S/C11H11NO2S/c1-12(2)8-5-3-4-7-6-9(11(13)14)15-10(7)8/h3-6H,1-2H3,(H,13,14). The van der Waals surface area contributed by atoms with E-state index < -0.39 is 5.97 Å². The van der Waals surface area contributed by atoms with Gasteiger partial charge in [0.05, 0.1) is 10.4 Å². The van der Waals surface area contributed by atoms with E-state index in [1.165, 1.54) is 11.3 Å². The molecule has 0 aliphatic carbocycles. The molecule has 1 aromatic heterocycles. The van der Waals surface area contributed by atoms with Crippen molar-refractivity contribution in [2.45, 2.75) is 0 Å². The van der Waals surface area contributed by atoms with Gasteiger partial charge in [-0.2, -0.15) is 0 Å². The lowest BCUT2D eigenvalue weighted by Gasteiger charge is -2.12. The second kappa shape index (κ2) is 3.55. The van der Waals surface area contributed by atoms with E-state index >= 15 is 0 Å². The number of hydrogen-bond acceptors (Lipinski definition) is 3. The Morgan fingerprint density at radius 3 is 2.73 bits per heavy atom. The van der Waals surface area contributed by atoms with Gasteiger partial charge in [0.1, 0.15) is 4.88 Å². The highest BCUT2D eigenvalue weighted by Gasteiger charge is 2.11. The maximum Gasteiger partial charge on any atom is 0.345 e. The number of carboxylic acids is 1. The predicted octanol–water partition coefficient (Wildman–Crippen LogP) is 2.67. The molecule has 0 aliphatic heterocycles. The monoisotopic (exact) mass is 221 g/mol. The first kappa shape index (κ1) is 9.98. The van der Waals surface area contributed by atoms with Crippen LogP contribution in [0.15, 0.2) is 24.3 Å². The average molecular weight is 221 g/mol. The Balaban J connectivity index is 2.69. The van der Waals surface area contributed by atoms with Crippen LogP contribution in [-0.4, -0.2) is 25.2 Å². The summed E-state index contributed by atoms with van der Waals surface area (Å²) in [4.78, 5) is 13.2. The van der Waals surface area contributed by atoms with E-state index in [1.54, 1.807) is 6.07 Å². The first-order valence-corrected chi connectivity index (χ1v) is 5.34. The zero-order chi connectivity index (χ0) is 11.0. The van der Waals surface area contributed by atoms with E-state index in [-0.39, 0.29) is 0 Å². The number of carbonyl (C=O) groups is 1. The van der Waals surface area contributed by atoms with Crippen LogP contribution in [-0.2, 0) is 0 Å². The molecule has 0 bridgehead atoms. The molecule has 0 spiro atoms. The molecule has 0 fully saturated rings. The van der Waals surface area contributed by atoms with Crippen LogP contribution in [0.4, 0.5) is 5.69 Å². The summed E-state index contributed by atoms with van der Waals surface area (Å²) in [6.07, 6.45) is 0. The number of benzene rings is 1. The highest BCUT2D eigenvalue weighted by molar-refractivity contribution is 7.21. The average Bonchev–Trinajstić information content (AvgIpc) is 2.60. The zero-order valence-corrected chi connectivity index (χ0v) is 9.34. The van der Waals surface area contributed by atoms with Crippen molar-refractivity contribution in [2.75, 3.05) is 19.0 Å². The Kier molecular flexibility index (Phi) is 2.36. The van der Waals surface area contributed by atoms with Crippen LogP contribution in [0.3, 0.4) is 0 Å². The van der Waals surface area contributed by atoms with Crippen LogP contribution in [0, 0.1) is 0 Å². The Bertz CT molecular complexity index is 516. The Morgan fingerprint density at radius 1 is 1.40 bits per heavy atom. The number of carboxylic acid groups (broad SMARTS) is 1. The Labute approximate surface area is 91.6 Å². The topological polar surface area (TPSA) is 40.5 Å². The van der Waals surface area contributed by atoms with Crippen LogP contribution in [0.5, 0.6) is 0 Å². The minimum Gasteiger partial charge on any atom is -0.477 e. The molecule has 0 aliphatic rings. The lowest BCUT2D eigenvalue weighted by Crippen LogP contribution is -2.08. The lowest BCUT2D eigenvalue weighted by molar-refractivity contribution is 0.0702. The van der Waals surface area contributed by atoms with E-state index in [0.717, 1.165) is 15.8 Å². The van der Waals surface area contributed by atoms with Gasteiger partial charge in [0.15, 0.2) is 0 Å². The molecule has 2 aromatic rings. The second-order valence-corrected chi connectivity index (χ2v) is 4.56. The van der Waals surface area contributed by atoms with Gasteiger partial charge in [-0.1, -0.05) is 12.1 Å². The largest absolute Gasteiger partial charge is 0.477 e. The molecule has 4 heteroatoms. The van der Waals surface area contributed by atoms with Gasteiger partial charge in [-0.25, -0.2) is 4.79 Å². The summed E-state index contributed by atoms with van der Waals surface area (Å²) >= 11 is 1.32. The summed E-state index contributed by atoms with van der Waals surface area (Å²) in [5.74, 6) is -0.860. The SMILES string of the molecule is CN(C)c1cccc2cc(C(=O)O)sc12. The third kappa shape index (κ3) is 1.68. The number of hydrogen-bond donors (Lipinski definition) is 1. The van der Waals surface area contributed by atoms with E-state index in [0.29, 0.717) is 4.88 Å². The van der Waals surface area contributed by atoms with Crippen molar-refractivity contribution in [3.8, 4) is 0 Å². The quantitative estimate of drug-likeness (QED) is 0.847. The smallest absolute Gasteiger partial charge is 0.345 e.